The number of aromatic nitrogens is 6. The molecule has 0 radical (unpaired) electrons. The molecule has 400 valence electrons. The summed E-state index contributed by atoms with van der Waals surface area (Å²) in [6, 6.07) is 85.4. The molecule has 0 atom stereocenters. The van der Waals surface area contributed by atoms with E-state index in [0.717, 1.165) is 106 Å². The normalized spacial score (nSPS) is 12.3. The first-order valence-corrected chi connectivity index (χ1v) is 28.5. The van der Waals surface area contributed by atoms with Gasteiger partial charge >= 0.3 is 0 Å². The van der Waals surface area contributed by atoms with Crippen LogP contribution in [0.5, 0.6) is 0 Å². The number of hydrogen-bond donors (Lipinski definition) is 0. The van der Waals surface area contributed by atoms with Gasteiger partial charge in [0, 0.05) is 82.5 Å². The molecule has 6 heterocycles. The minimum absolute atomic E-state index is 0.843. The van der Waals surface area contributed by atoms with E-state index < -0.39 is 0 Å². The van der Waals surface area contributed by atoms with Gasteiger partial charge in [-0.2, -0.15) is 0 Å². The highest BCUT2D eigenvalue weighted by molar-refractivity contribution is 6.28. The summed E-state index contributed by atoms with van der Waals surface area (Å²) in [5.74, 6) is 0. The van der Waals surface area contributed by atoms with Crippen molar-refractivity contribution in [1.82, 2.24) is 28.2 Å². The van der Waals surface area contributed by atoms with Gasteiger partial charge in [-0.05, 0) is 116 Å². The summed E-state index contributed by atoms with van der Waals surface area (Å²) >= 11 is 0. The third kappa shape index (κ3) is 8.10. The molecule has 0 aliphatic rings. The zero-order chi connectivity index (χ0) is 57.0. The van der Waals surface area contributed by atoms with Crippen molar-refractivity contribution in [2.45, 2.75) is 13.8 Å². The minimum atomic E-state index is 0.843. The summed E-state index contributed by atoms with van der Waals surface area (Å²) in [6.45, 7) is 18.4. The van der Waals surface area contributed by atoms with Crippen LogP contribution in [0.1, 0.15) is 25.2 Å². The molecule has 6 nitrogen and oxygen atoms in total. The topological polar surface area (TPSA) is 45.5 Å². The minimum Gasteiger partial charge on any atom is -0.309 e. The lowest BCUT2D eigenvalue weighted by atomic mass is 10.1. The molecule has 0 saturated heterocycles. The molecule has 9 aromatic carbocycles. The molecule has 6 aromatic heterocycles. The van der Waals surface area contributed by atoms with E-state index in [2.05, 4.69) is 282 Å². The van der Waals surface area contributed by atoms with Crippen LogP contribution in [0.3, 0.4) is 0 Å². The van der Waals surface area contributed by atoms with Gasteiger partial charge in [0.1, 0.15) is 0 Å². The summed E-state index contributed by atoms with van der Waals surface area (Å²) in [7, 11) is 0. The van der Waals surface area contributed by atoms with Crippen LogP contribution in [0.2, 0.25) is 0 Å². The van der Waals surface area contributed by atoms with Crippen molar-refractivity contribution < 1.29 is 0 Å². The molecule has 15 aromatic rings. The quantitative estimate of drug-likeness (QED) is 0.0957. The van der Waals surface area contributed by atoms with Crippen molar-refractivity contribution >= 4 is 104 Å². The third-order valence-corrected chi connectivity index (χ3v) is 16.5. The summed E-state index contributed by atoms with van der Waals surface area (Å²) in [5, 5.41) is 9.55. The Kier molecular flexibility index (Phi) is 12.8. The predicted molar refractivity (Wildman–Crippen MR) is 359 cm³/mol. The van der Waals surface area contributed by atoms with Crippen LogP contribution in [-0.2, 0) is 0 Å². The SMILES string of the molecule is C=C.C=C/C(=C\C)c1cccc(/C(C=C)=C/C(=C\C)n2c3ccccc3c3c2ccc2c4ccccc4n(-c4cccc(-n5c6ccccc6c6c5ccc5c7ccccc7n(-c7cccc(-c8cccc(-c9ccccc9)n8)c7)c56)c4)c23)n1. The molecule has 15 rings (SSSR count). The fourth-order valence-corrected chi connectivity index (χ4v) is 12.9. The highest BCUT2D eigenvalue weighted by Crippen LogP contribution is 2.45. The van der Waals surface area contributed by atoms with Crippen LogP contribution < -0.4 is 0 Å². The largest absolute Gasteiger partial charge is 0.309 e. The third-order valence-electron chi connectivity index (χ3n) is 16.5. The van der Waals surface area contributed by atoms with Crippen LogP contribution >= 0.6 is 0 Å². The molecule has 0 saturated carbocycles. The number of allylic oxidation sites excluding steroid dienone is 8. The maximum absolute atomic E-state index is 5.19. The van der Waals surface area contributed by atoms with Crippen molar-refractivity contribution in [3.05, 3.63) is 305 Å². The molecular formula is C78H58N6. The maximum atomic E-state index is 5.19. The summed E-state index contributed by atoms with van der Waals surface area (Å²) in [5.41, 5.74) is 21.0. The lowest BCUT2D eigenvalue weighted by Crippen LogP contribution is -1.99. The fourth-order valence-electron chi connectivity index (χ4n) is 12.9. The van der Waals surface area contributed by atoms with Crippen LogP contribution in [0.25, 0.3) is 144 Å². The van der Waals surface area contributed by atoms with E-state index in [4.69, 9.17) is 9.97 Å². The highest BCUT2D eigenvalue weighted by atomic mass is 15.0. The van der Waals surface area contributed by atoms with Gasteiger partial charge in [-0.1, -0.05) is 183 Å². The van der Waals surface area contributed by atoms with Crippen molar-refractivity contribution in [3.8, 4) is 39.6 Å². The number of fused-ring (bicyclic) bond motifs is 14. The van der Waals surface area contributed by atoms with Crippen molar-refractivity contribution in [2.24, 2.45) is 0 Å². The Balaban J connectivity index is 0.00000310. The predicted octanol–water partition coefficient (Wildman–Crippen LogP) is 20.7. The molecule has 0 aliphatic heterocycles. The summed E-state index contributed by atoms with van der Waals surface area (Å²) in [6.07, 6.45) is 10.2. The second-order valence-corrected chi connectivity index (χ2v) is 20.8. The van der Waals surface area contributed by atoms with Crippen LogP contribution in [-0.4, -0.2) is 28.2 Å². The van der Waals surface area contributed by atoms with E-state index in [0.29, 0.717) is 0 Å². The zero-order valence-corrected chi connectivity index (χ0v) is 46.9. The number of pyridine rings is 2. The second-order valence-electron chi connectivity index (χ2n) is 20.8. The average Bonchev–Trinajstić information content (AvgIpc) is 1.86. The summed E-state index contributed by atoms with van der Waals surface area (Å²) in [4.78, 5) is 10.3. The smallest absolute Gasteiger partial charge is 0.0710 e. The zero-order valence-electron chi connectivity index (χ0n) is 46.9. The Morgan fingerprint density at radius 3 is 1.44 bits per heavy atom. The maximum Gasteiger partial charge on any atom is 0.0710 e. The first-order valence-electron chi connectivity index (χ1n) is 28.5. The lowest BCUT2D eigenvalue weighted by Gasteiger charge is -2.14. The highest BCUT2D eigenvalue weighted by Gasteiger charge is 2.24. The number of benzene rings is 9. The second kappa shape index (κ2) is 21.1. The van der Waals surface area contributed by atoms with Crippen molar-refractivity contribution in [2.75, 3.05) is 0 Å². The molecule has 0 amide bonds. The number of rotatable bonds is 11. The van der Waals surface area contributed by atoms with Gasteiger partial charge in [-0.25, -0.2) is 9.97 Å². The number of para-hydroxylation sites is 4. The van der Waals surface area contributed by atoms with Crippen LogP contribution in [0.15, 0.2) is 293 Å². The van der Waals surface area contributed by atoms with Gasteiger partial charge in [-0.15, -0.1) is 13.2 Å². The van der Waals surface area contributed by atoms with Gasteiger partial charge < -0.3 is 18.3 Å². The Labute approximate surface area is 487 Å². The Morgan fingerprint density at radius 2 is 0.821 bits per heavy atom. The van der Waals surface area contributed by atoms with E-state index in [1.807, 2.05) is 43.4 Å². The molecule has 6 heteroatoms. The van der Waals surface area contributed by atoms with Crippen molar-refractivity contribution in [1.29, 1.82) is 0 Å². The van der Waals surface area contributed by atoms with E-state index >= 15 is 0 Å². The standard InChI is InChI=1S/C76H54N6.C2H4/c1-5-49(6-2)63-34-22-35-64(77-63)50(7-3)46-53(8-4)79-69-40-18-14-32-61(69)73-71(79)44-42-60-58-31-13-17-39-68(58)82(76(60)73)56-29-21-28-55(48-56)80-70-41-19-15-33-62(70)74-72(80)45-43-59-57-30-12-16-38-67(57)81(75(59)74)54-27-20-26-52(47-54)66-37-23-36-65(78-66)51-24-10-9-11-25-51;1-2/h5-48H,1,3H2,2,4H3;1-2H2/b49-6+,50-46+,53-8+;. The molecule has 0 unspecified atom stereocenters. The first kappa shape index (κ1) is 51.1. The summed E-state index contributed by atoms with van der Waals surface area (Å²) < 4.78 is 9.81. The van der Waals surface area contributed by atoms with E-state index in [-0.39, 0.29) is 0 Å². The van der Waals surface area contributed by atoms with E-state index in [1.165, 1.54) is 48.6 Å². The molecular weight excluding hydrogens is 1020 g/mol. The van der Waals surface area contributed by atoms with E-state index in [1.54, 1.807) is 0 Å². The molecule has 0 bridgehead atoms. The molecule has 0 spiro atoms. The first-order chi connectivity index (χ1) is 41.5. The monoisotopic (exact) mass is 1080 g/mol. The molecule has 0 aliphatic carbocycles. The van der Waals surface area contributed by atoms with Gasteiger partial charge in [-0.3, -0.25) is 0 Å². The van der Waals surface area contributed by atoms with Crippen LogP contribution in [0, 0.1) is 0 Å². The lowest BCUT2D eigenvalue weighted by molar-refractivity contribution is 1.14. The van der Waals surface area contributed by atoms with Gasteiger partial charge in [0.2, 0.25) is 0 Å². The molecule has 0 N–H and O–H groups in total. The van der Waals surface area contributed by atoms with Gasteiger partial charge in [0.05, 0.1) is 66.9 Å². The van der Waals surface area contributed by atoms with Crippen molar-refractivity contribution in [3.63, 3.8) is 0 Å². The Bertz CT molecular complexity index is 5240. The van der Waals surface area contributed by atoms with Crippen LogP contribution in [0.4, 0.5) is 0 Å². The fraction of sp³-hybridized carbons (Fsp3) is 0.0256. The molecule has 84 heavy (non-hydrogen) atoms. The Hall–Kier alpha value is -11.1. The number of hydrogen-bond acceptors (Lipinski definition) is 2. The Morgan fingerprint density at radius 1 is 0.357 bits per heavy atom. The van der Waals surface area contributed by atoms with Gasteiger partial charge in [0.15, 0.2) is 0 Å². The van der Waals surface area contributed by atoms with E-state index in [9.17, 15) is 0 Å². The average molecular weight is 1080 g/mol. The molecule has 0 fully saturated rings. The number of nitrogens with zero attached hydrogens (tertiary/aromatic N) is 6. The van der Waals surface area contributed by atoms with Gasteiger partial charge in [0.25, 0.3) is 0 Å².